The van der Waals surface area contributed by atoms with Crippen LogP contribution in [0.3, 0.4) is 0 Å². The zero-order valence-corrected chi connectivity index (χ0v) is 10.8. The molecule has 1 heterocycles. The molecule has 1 aromatic carbocycles. The molecule has 0 atom stereocenters. The molecule has 0 amide bonds. The quantitative estimate of drug-likeness (QED) is 0.759. The van der Waals surface area contributed by atoms with E-state index in [-0.39, 0.29) is 5.82 Å². The summed E-state index contributed by atoms with van der Waals surface area (Å²) in [4.78, 5) is 15.6. The van der Waals surface area contributed by atoms with Gasteiger partial charge in [-0.15, -0.1) is 0 Å². The Kier molecular flexibility index (Phi) is 3.11. The highest BCUT2D eigenvalue weighted by atomic mass is 79.9. The van der Waals surface area contributed by atoms with E-state index in [0.29, 0.717) is 26.5 Å². The molecule has 0 saturated heterocycles. The monoisotopic (exact) mass is 297 g/mol. The van der Waals surface area contributed by atoms with E-state index in [2.05, 4.69) is 25.7 Å². The summed E-state index contributed by atoms with van der Waals surface area (Å²) in [5, 5.41) is 0.717. The van der Waals surface area contributed by atoms with Gasteiger partial charge in [0.05, 0.1) is 18.2 Å². The molecule has 0 fully saturated rings. The summed E-state index contributed by atoms with van der Waals surface area (Å²) < 4.78 is 18.4. The van der Waals surface area contributed by atoms with Gasteiger partial charge in [0, 0.05) is 22.1 Å². The lowest BCUT2D eigenvalue weighted by Crippen LogP contribution is -2.04. The number of hydrogen-bond acceptors (Lipinski definition) is 3. The average molecular weight is 298 g/mol. The van der Waals surface area contributed by atoms with Crippen LogP contribution in [0.2, 0.25) is 0 Å². The van der Waals surface area contributed by atoms with Gasteiger partial charge in [0.15, 0.2) is 0 Å². The molecular weight excluding hydrogens is 289 g/mol. The molecule has 3 nitrogen and oxygen atoms in total. The maximum Gasteiger partial charge on any atom is 0.340 e. The van der Waals surface area contributed by atoms with Crippen LogP contribution in [0, 0.1) is 12.7 Å². The van der Waals surface area contributed by atoms with Crippen molar-refractivity contribution in [3.05, 3.63) is 39.7 Å². The number of carbonyl (C=O) groups excluding carboxylic acids is 1. The summed E-state index contributed by atoms with van der Waals surface area (Å²) in [6.45, 7) is 1.76. The maximum absolute atomic E-state index is 13.2. The van der Waals surface area contributed by atoms with Gasteiger partial charge in [0.1, 0.15) is 5.82 Å². The van der Waals surface area contributed by atoms with E-state index in [1.165, 1.54) is 25.4 Å². The molecule has 88 valence electrons. The van der Waals surface area contributed by atoms with Crippen LogP contribution in [0.5, 0.6) is 0 Å². The number of aryl methyl sites for hydroxylation is 1. The highest BCUT2D eigenvalue weighted by molar-refractivity contribution is 9.10. The van der Waals surface area contributed by atoms with Crippen molar-refractivity contribution < 1.29 is 13.9 Å². The number of methoxy groups -OCH3 is 1. The molecule has 2 aromatic rings. The van der Waals surface area contributed by atoms with E-state index >= 15 is 0 Å². The molecular formula is C12H9BrFNO2. The molecule has 1 aromatic heterocycles. The molecule has 0 bridgehead atoms. The van der Waals surface area contributed by atoms with E-state index < -0.39 is 5.97 Å². The Labute approximate surface area is 106 Å². The lowest BCUT2D eigenvalue weighted by molar-refractivity contribution is 0.0599. The summed E-state index contributed by atoms with van der Waals surface area (Å²) in [6.07, 6.45) is 1.37. The summed E-state index contributed by atoms with van der Waals surface area (Å²) >= 11 is 3.34. The summed E-state index contributed by atoms with van der Waals surface area (Å²) in [5.74, 6) is -0.824. The molecule has 17 heavy (non-hydrogen) atoms. The van der Waals surface area contributed by atoms with Gasteiger partial charge >= 0.3 is 5.97 Å². The molecule has 0 radical (unpaired) electrons. The Morgan fingerprint density at radius 1 is 1.47 bits per heavy atom. The summed E-state index contributed by atoms with van der Waals surface area (Å²) in [5.41, 5.74) is 1.54. The average Bonchev–Trinajstić information content (AvgIpc) is 2.27. The molecule has 2 rings (SSSR count). The molecule has 0 spiro atoms. The van der Waals surface area contributed by atoms with Gasteiger partial charge in [-0.2, -0.15) is 0 Å². The number of aromatic nitrogens is 1. The topological polar surface area (TPSA) is 39.2 Å². The van der Waals surface area contributed by atoms with E-state index in [4.69, 9.17) is 0 Å². The smallest absolute Gasteiger partial charge is 0.340 e. The summed E-state index contributed by atoms with van der Waals surface area (Å²) in [7, 11) is 1.30. The van der Waals surface area contributed by atoms with Crippen LogP contribution in [0.15, 0.2) is 22.8 Å². The number of nitrogens with zero attached hydrogens (tertiary/aromatic N) is 1. The van der Waals surface area contributed by atoms with Gasteiger partial charge in [-0.1, -0.05) is 0 Å². The van der Waals surface area contributed by atoms with Gasteiger partial charge in [-0.05, 0) is 34.5 Å². The SMILES string of the molecule is COC(=O)c1cnc2cc(F)cc(C)c2c1Br. The normalized spacial score (nSPS) is 10.6. The number of benzene rings is 1. The van der Waals surface area contributed by atoms with Crippen LogP contribution in [0.25, 0.3) is 10.9 Å². The van der Waals surface area contributed by atoms with Crippen molar-refractivity contribution in [1.82, 2.24) is 4.98 Å². The molecule has 0 unspecified atom stereocenters. The first kappa shape index (κ1) is 12.0. The Morgan fingerprint density at radius 2 is 2.18 bits per heavy atom. The number of ether oxygens (including phenoxy) is 1. The van der Waals surface area contributed by atoms with E-state index in [1.54, 1.807) is 6.92 Å². The predicted octanol–water partition coefficient (Wildman–Crippen LogP) is 3.23. The minimum Gasteiger partial charge on any atom is -0.465 e. The first-order valence-electron chi connectivity index (χ1n) is 4.87. The largest absolute Gasteiger partial charge is 0.465 e. The van der Waals surface area contributed by atoms with Gasteiger partial charge in [0.25, 0.3) is 0 Å². The highest BCUT2D eigenvalue weighted by Gasteiger charge is 2.15. The van der Waals surface area contributed by atoms with Gasteiger partial charge in [-0.25, -0.2) is 9.18 Å². The number of rotatable bonds is 1. The van der Waals surface area contributed by atoms with Crippen LogP contribution in [-0.2, 0) is 4.74 Å². The lowest BCUT2D eigenvalue weighted by Gasteiger charge is -2.08. The Balaban J connectivity index is 2.80. The third kappa shape index (κ3) is 2.02. The van der Waals surface area contributed by atoms with Crippen LogP contribution in [0.1, 0.15) is 15.9 Å². The second-order valence-corrected chi connectivity index (χ2v) is 4.39. The molecule has 5 heteroatoms. The van der Waals surface area contributed by atoms with Crippen LogP contribution in [-0.4, -0.2) is 18.1 Å². The first-order valence-corrected chi connectivity index (χ1v) is 5.66. The zero-order valence-electron chi connectivity index (χ0n) is 9.25. The fourth-order valence-corrected chi connectivity index (χ4v) is 2.47. The van der Waals surface area contributed by atoms with Crippen molar-refractivity contribution in [3.63, 3.8) is 0 Å². The summed E-state index contributed by atoms with van der Waals surface area (Å²) in [6, 6.07) is 2.73. The number of pyridine rings is 1. The lowest BCUT2D eigenvalue weighted by atomic mass is 10.1. The van der Waals surface area contributed by atoms with Crippen LogP contribution in [0.4, 0.5) is 4.39 Å². The molecule has 0 saturated carbocycles. The van der Waals surface area contributed by atoms with Crippen molar-refractivity contribution in [2.24, 2.45) is 0 Å². The van der Waals surface area contributed by atoms with E-state index in [1.807, 2.05) is 0 Å². The van der Waals surface area contributed by atoms with Crippen LogP contribution >= 0.6 is 15.9 Å². The highest BCUT2D eigenvalue weighted by Crippen LogP contribution is 2.29. The van der Waals surface area contributed by atoms with Crippen LogP contribution < -0.4 is 0 Å². The molecule has 0 aliphatic rings. The van der Waals surface area contributed by atoms with Gasteiger partial charge in [-0.3, -0.25) is 4.98 Å². The number of hydrogen-bond donors (Lipinski definition) is 0. The minimum absolute atomic E-state index is 0.328. The third-order valence-corrected chi connectivity index (χ3v) is 3.30. The standard InChI is InChI=1S/C12H9BrFNO2/c1-6-3-7(14)4-9-10(6)11(13)8(5-15-9)12(16)17-2/h3-5H,1-2H3. The number of carbonyl (C=O) groups is 1. The third-order valence-electron chi connectivity index (χ3n) is 2.47. The Morgan fingerprint density at radius 3 is 2.82 bits per heavy atom. The van der Waals surface area contributed by atoms with Crippen molar-refractivity contribution in [2.45, 2.75) is 6.92 Å². The number of esters is 1. The fourth-order valence-electron chi connectivity index (χ4n) is 1.69. The van der Waals surface area contributed by atoms with Gasteiger partial charge in [0.2, 0.25) is 0 Å². The van der Waals surface area contributed by atoms with Crippen molar-refractivity contribution in [2.75, 3.05) is 7.11 Å². The number of halogens is 2. The molecule has 0 aliphatic heterocycles. The van der Waals surface area contributed by atoms with E-state index in [0.717, 1.165) is 0 Å². The number of fused-ring (bicyclic) bond motifs is 1. The molecule has 0 aliphatic carbocycles. The zero-order chi connectivity index (χ0) is 12.6. The van der Waals surface area contributed by atoms with Gasteiger partial charge < -0.3 is 4.74 Å². The Hall–Kier alpha value is -1.49. The van der Waals surface area contributed by atoms with Crippen molar-refractivity contribution >= 4 is 32.8 Å². The second-order valence-electron chi connectivity index (χ2n) is 3.59. The predicted molar refractivity (Wildman–Crippen MR) is 65.5 cm³/mol. The second kappa shape index (κ2) is 4.41. The Bertz CT molecular complexity index is 613. The van der Waals surface area contributed by atoms with Crippen molar-refractivity contribution in [3.8, 4) is 0 Å². The maximum atomic E-state index is 13.2. The minimum atomic E-state index is -0.477. The van der Waals surface area contributed by atoms with Crippen molar-refractivity contribution in [1.29, 1.82) is 0 Å². The van der Waals surface area contributed by atoms with E-state index in [9.17, 15) is 9.18 Å². The first-order chi connectivity index (χ1) is 8.04. The molecule has 0 N–H and O–H groups in total. The fraction of sp³-hybridized carbons (Fsp3) is 0.167.